The zero-order chi connectivity index (χ0) is 11.1. The fourth-order valence-corrected chi connectivity index (χ4v) is 3.45. The maximum atomic E-state index is 11.8. The van der Waals surface area contributed by atoms with Gasteiger partial charge in [-0.2, -0.15) is 0 Å². The lowest BCUT2D eigenvalue weighted by atomic mass is 9.85. The Kier molecular flexibility index (Phi) is 2.83. The summed E-state index contributed by atoms with van der Waals surface area (Å²) in [5, 5.41) is 8.96. The number of rotatable bonds is 4. The predicted molar refractivity (Wildman–Crippen MR) is 53.2 cm³/mol. The SMILES string of the molecule is COC1(OC)[C@@H]2CC(=O)[C@H]1[C@@H](CCO)C2. The van der Waals surface area contributed by atoms with Gasteiger partial charge in [0.1, 0.15) is 5.78 Å². The molecule has 0 saturated heterocycles. The summed E-state index contributed by atoms with van der Waals surface area (Å²) >= 11 is 0. The van der Waals surface area contributed by atoms with Crippen LogP contribution in [0.1, 0.15) is 19.3 Å². The second-order valence-corrected chi connectivity index (χ2v) is 4.48. The molecular formula is C11H18O4. The van der Waals surface area contributed by atoms with Crippen molar-refractivity contribution in [2.45, 2.75) is 25.0 Å². The molecule has 15 heavy (non-hydrogen) atoms. The number of fused-ring (bicyclic) bond motifs is 2. The number of aliphatic hydroxyl groups excluding tert-OH is 1. The third-order valence-electron chi connectivity index (χ3n) is 3.99. The quantitative estimate of drug-likeness (QED) is 0.696. The molecule has 0 spiro atoms. The van der Waals surface area contributed by atoms with E-state index in [-0.39, 0.29) is 30.1 Å². The number of ether oxygens (including phenoxy) is 2. The molecular weight excluding hydrogens is 196 g/mol. The summed E-state index contributed by atoms with van der Waals surface area (Å²) in [5.74, 6) is -0.266. The Balaban J connectivity index is 2.25. The number of ketones is 1. The second kappa shape index (κ2) is 3.85. The summed E-state index contributed by atoms with van der Waals surface area (Å²) in [7, 11) is 3.20. The second-order valence-electron chi connectivity index (χ2n) is 4.48. The van der Waals surface area contributed by atoms with E-state index < -0.39 is 5.79 Å². The molecule has 2 fully saturated rings. The van der Waals surface area contributed by atoms with E-state index in [4.69, 9.17) is 14.6 Å². The van der Waals surface area contributed by atoms with Crippen LogP contribution < -0.4 is 0 Å². The molecule has 4 nitrogen and oxygen atoms in total. The van der Waals surface area contributed by atoms with Gasteiger partial charge >= 0.3 is 0 Å². The molecule has 0 unspecified atom stereocenters. The monoisotopic (exact) mass is 214 g/mol. The fraction of sp³-hybridized carbons (Fsp3) is 0.909. The maximum absolute atomic E-state index is 11.8. The van der Waals surface area contributed by atoms with Crippen LogP contribution in [-0.4, -0.2) is 37.5 Å². The summed E-state index contributed by atoms with van der Waals surface area (Å²) in [6, 6.07) is 0. The zero-order valence-corrected chi connectivity index (χ0v) is 9.23. The highest BCUT2D eigenvalue weighted by atomic mass is 16.7. The van der Waals surface area contributed by atoms with E-state index in [1.807, 2.05) is 0 Å². The van der Waals surface area contributed by atoms with Crippen molar-refractivity contribution < 1.29 is 19.4 Å². The Hall–Kier alpha value is -0.450. The van der Waals surface area contributed by atoms with Gasteiger partial charge in [0.25, 0.3) is 0 Å². The van der Waals surface area contributed by atoms with Gasteiger partial charge in [0.05, 0.1) is 5.92 Å². The minimum absolute atomic E-state index is 0.130. The maximum Gasteiger partial charge on any atom is 0.180 e. The minimum atomic E-state index is -0.711. The molecule has 0 aliphatic heterocycles. The summed E-state index contributed by atoms with van der Waals surface area (Å²) in [4.78, 5) is 11.8. The molecule has 86 valence electrons. The van der Waals surface area contributed by atoms with E-state index in [1.54, 1.807) is 14.2 Å². The van der Waals surface area contributed by atoms with Gasteiger partial charge in [-0.15, -0.1) is 0 Å². The third-order valence-corrected chi connectivity index (χ3v) is 3.99. The molecule has 0 amide bonds. The van der Waals surface area contributed by atoms with Crippen LogP contribution in [0.5, 0.6) is 0 Å². The van der Waals surface area contributed by atoms with Crippen LogP contribution in [0.15, 0.2) is 0 Å². The van der Waals surface area contributed by atoms with E-state index in [0.717, 1.165) is 6.42 Å². The van der Waals surface area contributed by atoms with E-state index in [2.05, 4.69) is 0 Å². The molecule has 3 atom stereocenters. The standard InChI is InChI=1S/C11H18O4/c1-14-11(15-2)8-5-7(3-4-12)10(11)9(13)6-8/h7-8,10,12H,3-6H2,1-2H3/t7-,8-,10+/m0/s1. The van der Waals surface area contributed by atoms with Crippen molar-refractivity contribution in [2.24, 2.45) is 17.8 Å². The summed E-state index contributed by atoms with van der Waals surface area (Å²) in [6.07, 6.45) is 2.16. The number of hydrogen-bond donors (Lipinski definition) is 1. The van der Waals surface area contributed by atoms with Crippen LogP contribution in [0.4, 0.5) is 0 Å². The van der Waals surface area contributed by atoms with E-state index >= 15 is 0 Å². The van der Waals surface area contributed by atoms with Crippen LogP contribution in [0, 0.1) is 17.8 Å². The number of hydrogen-bond acceptors (Lipinski definition) is 4. The predicted octanol–water partition coefficient (Wildman–Crippen LogP) is 0.583. The van der Waals surface area contributed by atoms with Gasteiger partial charge in [0.2, 0.25) is 0 Å². The largest absolute Gasteiger partial charge is 0.396 e. The Morgan fingerprint density at radius 1 is 1.47 bits per heavy atom. The van der Waals surface area contributed by atoms with Gasteiger partial charge in [-0.25, -0.2) is 0 Å². The van der Waals surface area contributed by atoms with Crippen molar-refractivity contribution in [1.82, 2.24) is 0 Å². The van der Waals surface area contributed by atoms with Crippen LogP contribution in [-0.2, 0) is 14.3 Å². The number of carbonyl (C=O) groups excluding carboxylic acids is 1. The molecule has 2 aliphatic carbocycles. The summed E-state index contributed by atoms with van der Waals surface area (Å²) in [5.41, 5.74) is 0. The zero-order valence-electron chi connectivity index (χ0n) is 9.23. The molecule has 4 heteroatoms. The van der Waals surface area contributed by atoms with Gasteiger partial charge in [0, 0.05) is 33.2 Å². The highest BCUT2D eigenvalue weighted by Gasteiger charge is 2.64. The third kappa shape index (κ3) is 1.35. The number of methoxy groups -OCH3 is 2. The summed E-state index contributed by atoms with van der Waals surface area (Å²) in [6.45, 7) is 0.130. The average molecular weight is 214 g/mol. The molecule has 0 heterocycles. The van der Waals surface area contributed by atoms with Gasteiger partial charge in [0.15, 0.2) is 5.79 Å². The Morgan fingerprint density at radius 2 is 2.13 bits per heavy atom. The van der Waals surface area contributed by atoms with Crippen molar-refractivity contribution >= 4 is 5.78 Å². The van der Waals surface area contributed by atoms with Crippen LogP contribution in [0.25, 0.3) is 0 Å². The topological polar surface area (TPSA) is 55.8 Å². The lowest BCUT2D eigenvalue weighted by molar-refractivity contribution is -0.235. The number of carbonyl (C=O) groups is 1. The smallest absolute Gasteiger partial charge is 0.180 e. The van der Waals surface area contributed by atoms with E-state index in [9.17, 15) is 4.79 Å². The normalized spacial score (nSPS) is 37.5. The average Bonchev–Trinajstić information content (AvgIpc) is 2.66. The molecule has 2 saturated carbocycles. The molecule has 0 aromatic rings. The molecule has 2 rings (SSSR count). The Morgan fingerprint density at radius 3 is 2.60 bits per heavy atom. The highest BCUT2D eigenvalue weighted by Crippen LogP contribution is 2.56. The van der Waals surface area contributed by atoms with Crippen molar-refractivity contribution in [3.63, 3.8) is 0 Å². The van der Waals surface area contributed by atoms with Gasteiger partial charge in [-0.3, -0.25) is 4.79 Å². The number of aliphatic hydroxyl groups is 1. The van der Waals surface area contributed by atoms with Crippen molar-refractivity contribution in [1.29, 1.82) is 0 Å². The van der Waals surface area contributed by atoms with Crippen LogP contribution in [0.2, 0.25) is 0 Å². The van der Waals surface area contributed by atoms with E-state index in [1.165, 1.54) is 0 Å². The first kappa shape index (κ1) is 11.0. The molecule has 1 N–H and O–H groups in total. The van der Waals surface area contributed by atoms with Crippen molar-refractivity contribution in [3.8, 4) is 0 Å². The van der Waals surface area contributed by atoms with Crippen molar-refractivity contribution in [3.05, 3.63) is 0 Å². The van der Waals surface area contributed by atoms with E-state index in [0.29, 0.717) is 12.8 Å². The lowest BCUT2D eigenvalue weighted by Gasteiger charge is -2.31. The van der Waals surface area contributed by atoms with Gasteiger partial charge < -0.3 is 14.6 Å². The number of Topliss-reactive ketones (excluding diaryl/α,β-unsaturated/α-hetero) is 1. The Labute approximate surface area is 89.6 Å². The minimum Gasteiger partial charge on any atom is -0.396 e. The lowest BCUT2D eigenvalue weighted by Crippen LogP contribution is -2.41. The van der Waals surface area contributed by atoms with Gasteiger partial charge in [-0.05, 0) is 18.8 Å². The van der Waals surface area contributed by atoms with Crippen LogP contribution in [0.3, 0.4) is 0 Å². The summed E-state index contributed by atoms with van der Waals surface area (Å²) < 4.78 is 10.9. The molecule has 2 bridgehead atoms. The molecule has 0 aromatic heterocycles. The first-order valence-electron chi connectivity index (χ1n) is 5.43. The highest BCUT2D eigenvalue weighted by molar-refractivity contribution is 5.86. The first-order valence-corrected chi connectivity index (χ1v) is 5.43. The van der Waals surface area contributed by atoms with Crippen molar-refractivity contribution in [2.75, 3.05) is 20.8 Å². The Bertz CT molecular complexity index is 259. The first-order chi connectivity index (χ1) is 7.19. The molecule has 0 radical (unpaired) electrons. The fourth-order valence-electron chi connectivity index (χ4n) is 3.45. The van der Waals surface area contributed by atoms with Gasteiger partial charge in [-0.1, -0.05) is 0 Å². The molecule has 2 aliphatic rings. The van der Waals surface area contributed by atoms with Crippen LogP contribution >= 0.6 is 0 Å². The molecule has 0 aromatic carbocycles.